The Balaban J connectivity index is 1.55. The summed E-state index contributed by atoms with van der Waals surface area (Å²) < 4.78 is 7.07. The van der Waals surface area contributed by atoms with Gasteiger partial charge in [-0.05, 0) is 41.8 Å². The maximum absolute atomic E-state index is 4.93. The SMILES string of the molecule is c1ccc(-n2c3ccccc3c3ccc4c5ccc6c7ccncc7n7ccnc7c6c5n(-c5ccccc5)c4c32)cc1. The first kappa shape index (κ1) is 22.7. The van der Waals surface area contributed by atoms with Crippen molar-refractivity contribution in [3.05, 3.63) is 140 Å². The van der Waals surface area contributed by atoms with Crippen molar-refractivity contribution in [3.63, 3.8) is 0 Å². The number of imidazole rings is 1. The maximum atomic E-state index is 4.93. The number of rotatable bonds is 2. The smallest absolute Gasteiger partial charge is 0.147 e. The van der Waals surface area contributed by atoms with Gasteiger partial charge in [0.25, 0.3) is 0 Å². The van der Waals surface area contributed by atoms with E-state index in [2.05, 4.69) is 134 Å². The lowest BCUT2D eigenvalue weighted by molar-refractivity contribution is 1.15. The van der Waals surface area contributed by atoms with Crippen molar-refractivity contribution in [2.24, 2.45) is 0 Å². The van der Waals surface area contributed by atoms with Crippen molar-refractivity contribution in [1.29, 1.82) is 0 Å². The molecule has 0 saturated carbocycles. The Morgan fingerprint density at radius 2 is 1.05 bits per heavy atom. The van der Waals surface area contributed by atoms with E-state index < -0.39 is 0 Å². The monoisotopic (exact) mass is 549 g/mol. The van der Waals surface area contributed by atoms with Crippen LogP contribution in [-0.4, -0.2) is 23.5 Å². The third-order valence-corrected chi connectivity index (χ3v) is 8.97. The molecular formula is C38H23N5. The normalized spacial score (nSPS) is 12.2. The molecule has 0 aliphatic rings. The molecule has 43 heavy (non-hydrogen) atoms. The van der Waals surface area contributed by atoms with Gasteiger partial charge in [0.15, 0.2) is 0 Å². The molecule has 0 atom stereocenters. The number of aromatic nitrogens is 5. The van der Waals surface area contributed by atoms with E-state index in [-0.39, 0.29) is 0 Å². The Morgan fingerprint density at radius 3 is 1.84 bits per heavy atom. The number of pyridine rings is 2. The van der Waals surface area contributed by atoms with Gasteiger partial charge < -0.3 is 9.13 Å². The Bertz CT molecular complexity index is 2710. The molecule has 200 valence electrons. The molecule has 0 unspecified atom stereocenters. The van der Waals surface area contributed by atoms with Crippen LogP contribution in [0.4, 0.5) is 0 Å². The quantitative estimate of drug-likeness (QED) is 0.202. The number of para-hydroxylation sites is 3. The van der Waals surface area contributed by atoms with Gasteiger partial charge in [0, 0.05) is 56.9 Å². The first-order valence-corrected chi connectivity index (χ1v) is 14.5. The first-order valence-electron chi connectivity index (χ1n) is 14.5. The Labute approximate surface area is 245 Å². The molecular weight excluding hydrogens is 526 g/mol. The van der Waals surface area contributed by atoms with Crippen LogP contribution in [0.15, 0.2) is 140 Å². The van der Waals surface area contributed by atoms with Crippen molar-refractivity contribution in [2.75, 3.05) is 0 Å². The molecule has 0 aliphatic heterocycles. The van der Waals surface area contributed by atoms with Crippen molar-refractivity contribution >= 4 is 70.9 Å². The maximum Gasteiger partial charge on any atom is 0.147 e. The fraction of sp³-hybridized carbons (Fsp3) is 0. The average molecular weight is 550 g/mol. The lowest BCUT2D eigenvalue weighted by atomic mass is 10.0. The number of hydrogen-bond donors (Lipinski definition) is 0. The molecule has 0 radical (unpaired) electrons. The van der Waals surface area contributed by atoms with E-state index in [9.17, 15) is 0 Å². The zero-order chi connectivity index (χ0) is 28.1. The van der Waals surface area contributed by atoms with Crippen LogP contribution in [0.3, 0.4) is 0 Å². The highest BCUT2D eigenvalue weighted by Gasteiger charge is 2.24. The molecule has 10 rings (SSSR count). The van der Waals surface area contributed by atoms with Gasteiger partial charge in [0.05, 0.1) is 39.2 Å². The van der Waals surface area contributed by atoms with Crippen LogP contribution in [0.25, 0.3) is 82.3 Å². The van der Waals surface area contributed by atoms with Crippen LogP contribution in [0.2, 0.25) is 0 Å². The molecule has 0 bridgehead atoms. The Morgan fingerprint density at radius 1 is 0.442 bits per heavy atom. The molecule has 0 amide bonds. The second-order valence-corrected chi connectivity index (χ2v) is 11.1. The molecule has 0 aliphatic carbocycles. The molecule has 0 saturated heterocycles. The minimum atomic E-state index is 0.931. The second kappa shape index (κ2) is 8.30. The topological polar surface area (TPSA) is 40.1 Å². The summed E-state index contributed by atoms with van der Waals surface area (Å²) in [6.07, 6.45) is 7.74. The molecule has 5 nitrogen and oxygen atoms in total. The summed E-state index contributed by atoms with van der Waals surface area (Å²) in [4.78, 5) is 9.38. The first-order chi connectivity index (χ1) is 21.4. The number of benzene rings is 5. The largest absolute Gasteiger partial charge is 0.307 e. The van der Waals surface area contributed by atoms with Crippen LogP contribution in [0.1, 0.15) is 0 Å². The summed E-state index contributed by atoms with van der Waals surface area (Å²) >= 11 is 0. The predicted molar refractivity (Wildman–Crippen MR) is 177 cm³/mol. The van der Waals surface area contributed by atoms with E-state index in [0.717, 1.165) is 38.8 Å². The minimum Gasteiger partial charge on any atom is -0.307 e. The van der Waals surface area contributed by atoms with Crippen molar-refractivity contribution in [3.8, 4) is 11.4 Å². The number of hydrogen-bond acceptors (Lipinski definition) is 2. The third-order valence-electron chi connectivity index (χ3n) is 8.97. The highest BCUT2D eigenvalue weighted by atomic mass is 15.1. The molecule has 5 aromatic carbocycles. The Kier molecular flexibility index (Phi) is 4.39. The number of fused-ring (bicyclic) bond motifs is 14. The van der Waals surface area contributed by atoms with Gasteiger partial charge in [0.2, 0.25) is 0 Å². The average Bonchev–Trinajstić information content (AvgIpc) is 3.78. The van der Waals surface area contributed by atoms with Crippen LogP contribution in [-0.2, 0) is 0 Å². The van der Waals surface area contributed by atoms with Crippen molar-refractivity contribution in [1.82, 2.24) is 23.5 Å². The van der Waals surface area contributed by atoms with Gasteiger partial charge in [-0.1, -0.05) is 78.9 Å². The summed E-state index contributed by atoms with van der Waals surface area (Å²) in [5.74, 6) is 0. The molecule has 0 fully saturated rings. The van der Waals surface area contributed by atoms with E-state index in [1.807, 2.05) is 24.8 Å². The standard InChI is InChI=1S/C38H23N5/c1-3-9-24(10-4-1)42-32-14-8-7-13-26(32)29-17-18-31-30-16-15-28-27-19-20-39-23-33(27)41-22-21-40-38(41)34(28)35(30)43(37(31)36(29)42)25-11-5-2-6-12-25/h1-23H. The lowest BCUT2D eigenvalue weighted by Crippen LogP contribution is -1.99. The summed E-state index contributed by atoms with van der Waals surface area (Å²) in [6.45, 7) is 0. The van der Waals surface area contributed by atoms with Gasteiger partial charge in [-0.25, -0.2) is 4.98 Å². The fourth-order valence-corrected chi connectivity index (χ4v) is 7.26. The molecule has 5 heteroatoms. The van der Waals surface area contributed by atoms with Crippen LogP contribution in [0, 0.1) is 0 Å². The van der Waals surface area contributed by atoms with Crippen LogP contribution < -0.4 is 0 Å². The predicted octanol–water partition coefficient (Wildman–Crippen LogP) is 9.23. The van der Waals surface area contributed by atoms with Gasteiger partial charge in [-0.15, -0.1) is 0 Å². The summed E-state index contributed by atoms with van der Waals surface area (Å²) in [7, 11) is 0. The van der Waals surface area contributed by atoms with E-state index in [1.165, 1.54) is 43.5 Å². The van der Waals surface area contributed by atoms with Crippen molar-refractivity contribution in [2.45, 2.75) is 0 Å². The number of nitrogens with zero attached hydrogens (tertiary/aromatic N) is 5. The van der Waals surface area contributed by atoms with E-state index >= 15 is 0 Å². The van der Waals surface area contributed by atoms with Crippen molar-refractivity contribution < 1.29 is 0 Å². The Hall–Kier alpha value is -5.94. The lowest BCUT2D eigenvalue weighted by Gasteiger charge is -2.14. The highest BCUT2D eigenvalue weighted by molar-refractivity contribution is 6.30. The summed E-state index contributed by atoms with van der Waals surface area (Å²) in [6, 6.07) is 41.5. The van der Waals surface area contributed by atoms with Crippen LogP contribution >= 0.6 is 0 Å². The van der Waals surface area contributed by atoms with E-state index in [4.69, 9.17) is 4.98 Å². The fourth-order valence-electron chi connectivity index (χ4n) is 7.26. The molecule has 10 aromatic rings. The zero-order valence-electron chi connectivity index (χ0n) is 23.0. The summed E-state index contributed by atoms with van der Waals surface area (Å²) in [5.41, 5.74) is 8.98. The van der Waals surface area contributed by atoms with E-state index in [0.29, 0.717) is 0 Å². The summed E-state index contributed by atoms with van der Waals surface area (Å²) in [5, 5.41) is 8.36. The highest BCUT2D eigenvalue weighted by Crippen LogP contribution is 2.44. The van der Waals surface area contributed by atoms with E-state index in [1.54, 1.807) is 0 Å². The van der Waals surface area contributed by atoms with Gasteiger partial charge >= 0.3 is 0 Å². The van der Waals surface area contributed by atoms with Crippen LogP contribution in [0.5, 0.6) is 0 Å². The molecule has 5 aromatic heterocycles. The zero-order valence-corrected chi connectivity index (χ0v) is 23.0. The second-order valence-electron chi connectivity index (χ2n) is 11.1. The van der Waals surface area contributed by atoms with Gasteiger partial charge in [-0.3, -0.25) is 9.38 Å². The minimum absolute atomic E-state index is 0.931. The molecule has 0 N–H and O–H groups in total. The van der Waals surface area contributed by atoms with Gasteiger partial charge in [-0.2, -0.15) is 0 Å². The van der Waals surface area contributed by atoms with Gasteiger partial charge in [0.1, 0.15) is 5.65 Å². The molecule has 0 spiro atoms. The molecule has 5 heterocycles. The third kappa shape index (κ3) is 2.90.